The Labute approximate surface area is 317 Å². The fraction of sp³-hybridized carbons (Fsp3) is 0. The molecule has 0 fully saturated rings. The van der Waals surface area contributed by atoms with E-state index in [0.29, 0.717) is 0 Å². The number of furan rings is 1. The number of rotatable bonds is 5. The molecule has 256 valence electrons. The number of hydrogen-bond donors (Lipinski definition) is 0. The van der Waals surface area contributed by atoms with Crippen LogP contribution >= 0.6 is 0 Å². The summed E-state index contributed by atoms with van der Waals surface area (Å²) in [4.78, 5) is 10.9. The molecule has 2 aromatic heterocycles. The highest BCUT2D eigenvalue weighted by Crippen LogP contribution is 2.40. The Kier molecular flexibility index (Phi) is 7.17. The highest BCUT2D eigenvalue weighted by molar-refractivity contribution is 6.23. The molecule has 11 rings (SSSR count). The Morgan fingerprint density at radius 2 is 0.745 bits per heavy atom. The summed E-state index contributed by atoms with van der Waals surface area (Å²) in [6.07, 6.45) is 0. The molecule has 9 aromatic carbocycles. The topological polar surface area (TPSA) is 38.9 Å². The third-order valence-corrected chi connectivity index (χ3v) is 10.9. The van der Waals surface area contributed by atoms with E-state index in [-0.39, 0.29) is 0 Å². The highest BCUT2D eigenvalue weighted by atomic mass is 16.3. The van der Waals surface area contributed by atoms with Crippen molar-refractivity contribution >= 4 is 54.5 Å². The molecule has 0 spiro atoms. The molecule has 2 heterocycles. The molecule has 0 saturated heterocycles. The van der Waals surface area contributed by atoms with Crippen molar-refractivity contribution in [2.45, 2.75) is 0 Å². The van der Waals surface area contributed by atoms with Crippen LogP contribution in [-0.2, 0) is 0 Å². The van der Waals surface area contributed by atoms with E-state index in [1.807, 2.05) is 18.2 Å². The molecule has 0 amide bonds. The molecule has 0 radical (unpaired) electrons. The SMILES string of the molecule is c1ccc(-c2nc3c4ccccc4c4ccccc4c3nc2-c2cccc(-c3ccc(-c4cccc(-c5cccc6c5oc5ccccc56)c4)cc3)c2)cc1. The lowest BCUT2D eigenvalue weighted by Crippen LogP contribution is -1.97. The second-order valence-corrected chi connectivity index (χ2v) is 14.1. The first-order valence-electron chi connectivity index (χ1n) is 18.7. The Morgan fingerprint density at radius 3 is 1.40 bits per heavy atom. The quantitative estimate of drug-likeness (QED) is 0.168. The minimum atomic E-state index is 0.869. The summed E-state index contributed by atoms with van der Waals surface area (Å²) in [5, 5.41) is 6.86. The minimum Gasteiger partial charge on any atom is -0.455 e. The molecular formula is C52H32N2O. The van der Waals surface area contributed by atoms with Crippen molar-refractivity contribution in [3.63, 3.8) is 0 Å². The van der Waals surface area contributed by atoms with Gasteiger partial charge in [0, 0.05) is 38.2 Å². The zero-order valence-electron chi connectivity index (χ0n) is 29.8. The zero-order valence-corrected chi connectivity index (χ0v) is 29.8. The first kappa shape index (κ1) is 31.2. The monoisotopic (exact) mass is 700 g/mol. The maximum atomic E-state index is 6.37. The average Bonchev–Trinajstić information content (AvgIpc) is 3.66. The smallest absolute Gasteiger partial charge is 0.143 e. The zero-order chi connectivity index (χ0) is 36.3. The second-order valence-electron chi connectivity index (χ2n) is 14.1. The third-order valence-electron chi connectivity index (χ3n) is 10.9. The number of hydrogen-bond acceptors (Lipinski definition) is 3. The van der Waals surface area contributed by atoms with Crippen LogP contribution in [0.15, 0.2) is 199 Å². The molecule has 0 saturated carbocycles. The summed E-state index contributed by atoms with van der Waals surface area (Å²) in [5.41, 5.74) is 14.3. The van der Waals surface area contributed by atoms with E-state index in [1.54, 1.807) is 0 Å². The van der Waals surface area contributed by atoms with E-state index in [0.717, 1.165) is 99.6 Å². The lowest BCUT2D eigenvalue weighted by Gasteiger charge is -2.15. The van der Waals surface area contributed by atoms with Crippen molar-refractivity contribution in [3.8, 4) is 55.9 Å². The molecule has 0 aliphatic carbocycles. The van der Waals surface area contributed by atoms with Crippen LogP contribution in [0.5, 0.6) is 0 Å². The number of aromatic nitrogens is 2. The van der Waals surface area contributed by atoms with Gasteiger partial charge in [-0.15, -0.1) is 0 Å². The highest BCUT2D eigenvalue weighted by Gasteiger charge is 2.18. The van der Waals surface area contributed by atoms with Gasteiger partial charge in [0.05, 0.1) is 22.4 Å². The van der Waals surface area contributed by atoms with Crippen molar-refractivity contribution in [3.05, 3.63) is 194 Å². The lowest BCUT2D eigenvalue weighted by atomic mass is 9.95. The number of benzene rings is 9. The Morgan fingerprint density at radius 1 is 0.291 bits per heavy atom. The van der Waals surface area contributed by atoms with Crippen LogP contribution in [0.3, 0.4) is 0 Å². The Hall–Kier alpha value is -7.36. The van der Waals surface area contributed by atoms with Crippen LogP contribution in [0.1, 0.15) is 0 Å². The maximum Gasteiger partial charge on any atom is 0.143 e. The first-order chi connectivity index (χ1) is 27.3. The van der Waals surface area contributed by atoms with Gasteiger partial charge in [0.2, 0.25) is 0 Å². The van der Waals surface area contributed by atoms with E-state index < -0.39 is 0 Å². The average molecular weight is 701 g/mol. The summed E-state index contributed by atoms with van der Waals surface area (Å²) in [7, 11) is 0. The molecule has 0 N–H and O–H groups in total. The standard InChI is InChI=1S/C52H32N2O/c1-2-13-35(14-3-1)48-49(54-51-45-23-7-5-20-42(45)41-19-4-6-22-44(41)50(51)53-48)39-18-11-16-37(32-39)34-29-27-33(28-30-34)36-15-10-17-38(31-36)40-24-12-25-46-43-21-8-9-26-47(43)55-52(40)46/h1-32H. The fourth-order valence-electron chi connectivity index (χ4n) is 8.20. The van der Waals surface area contributed by atoms with Gasteiger partial charge in [-0.1, -0.05) is 176 Å². The molecule has 0 aliphatic heterocycles. The van der Waals surface area contributed by atoms with E-state index in [4.69, 9.17) is 14.4 Å². The van der Waals surface area contributed by atoms with E-state index in [1.165, 1.54) is 10.8 Å². The maximum absolute atomic E-state index is 6.37. The molecule has 55 heavy (non-hydrogen) atoms. The van der Waals surface area contributed by atoms with Gasteiger partial charge in [-0.3, -0.25) is 0 Å². The normalized spacial score (nSPS) is 11.6. The van der Waals surface area contributed by atoms with Crippen molar-refractivity contribution in [1.29, 1.82) is 0 Å². The molecule has 3 nitrogen and oxygen atoms in total. The molecule has 0 atom stereocenters. The van der Waals surface area contributed by atoms with Gasteiger partial charge in [-0.2, -0.15) is 0 Å². The summed E-state index contributed by atoms with van der Waals surface area (Å²) in [5.74, 6) is 0. The van der Waals surface area contributed by atoms with Gasteiger partial charge >= 0.3 is 0 Å². The van der Waals surface area contributed by atoms with Crippen molar-refractivity contribution < 1.29 is 4.42 Å². The van der Waals surface area contributed by atoms with Crippen molar-refractivity contribution in [2.75, 3.05) is 0 Å². The van der Waals surface area contributed by atoms with Crippen LogP contribution in [0.25, 0.3) is 110 Å². The van der Waals surface area contributed by atoms with Crippen molar-refractivity contribution in [2.24, 2.45) is 0 Å². The molecular weight excluding hydrogens is 669 g/mol. The van der Waals surface area contributed by atoms with Gasteiger partial charge in [0.1, 0.15) is 11.2 Å². The lowest BCUT2D eigenvalue weighted by molar-refractivity contribution is 0.670. The van der Waals surface area contributed by atoms with Gasteiger partial charge in [-0.05, 0) is 56.8 Å². The molecule has 0 aliphatic rings. The van der Waals surface area contributed by atoms with Gasteiger partial charge in [0.15, 0.2) is 0 Å². The third kappa shape index (κ3) is 5.20. The summed E-state index contributed by atoms with van der Waals surface area (Å²) >= 11 is 0. The summed E-state index contributed by atoms with van der Waals surface area (Å²) in [6, 6.07) is 68.4. The Balaban J connectivity index is 0.997. The van der Waals surface area contributed by atoms with E-state index in [2.05, 4.69) is 176 Å². The largest absolute Gasteiger partial charge is 0.455 e. The number of para-hydroxylation sites is 2. The van der Waals surface area contributed by atoms with Gasteiger partial charge < -0.3 is 4.42 Å². The molecule has 0 unspecified atom stereocenters. The van der Waals surface area contributed by atoms with Crippen molar-refractivity contribution in [1.82, 2.24) is 9.97 Å². The Bertz CT molecular complexity index is 3250. The van der Waals surface area contributed by atoms with Crippen LogP contribution < -0.4 is 0 Å². The number of nitrogens with zero attached hydrogens (tertiary/aromatic N) is 2. The van der Waals surface area contributed by atoms with Crippen LogP contribution in [-0.4, -0.2) is 9.97 Å². The van der Waals surface area contributed by atoms with Crippen LogP contribution in [0, 0.1) is 0 Å². The fourth-order valence-corrected chi connectivity index (χ4v) is 8.20. The minimum absolute atomic E-state index is 0.869. The summed E-state index contributed by atoms with van der Waals surface area (Å²) in [6.45, 7) is 0. The van der Waals surface area contributed by atoms with E-state index in [9.17, 15) is 0 Å². The predicted octanol–water partition coefficient (Wildman–Crippen LogP) is 14.2. The van der Waals surface area contributed by atoms with Gasteiger partial charge in [-0.25, -0.2) is 9.97 Å². The summed E-state index contributed by atoms with van der Waals surface area (Å²) < 4.78 is 6.37. The number of fused-ring (bicyclic) bond motifs is 9. The first-order valence-corrected chi connectivity index (χ1v) is 18.7. The molecule has 3 heteroatoms. The predicted molar refractivity (Wildman–Crippen MR) is 229 cm³/mol. The second kappa shape index (κ2) is 12.6. The van der Waals surface area contributed by atoms with Crippen LogP contribution in [0.4, 0.5) is 0 Å². The molecule has 0 bridgehead atoms. The van der Waals surface area contributed by atoms with Crippen LogP contribution in [0.2, 0.25) is 0 Å². The van der Waals surface area contributed by atoms with E-state index >= 15 is 0 Å². The molecule has 11 aromatic rings. The van der Waals surface area contributed by atoms with Gasteiger partial charge in [0.25, 0.3) is 0 Å².